The van der Waals surface area contributed by atoms with E-state index in [0.29, 0.717) is 0 Å². The van der Waals surface area contributed by atoms with Crippen LogP contribution in [0.5, 0.6) is 0 Å². The molecule has 0 saturated heterocycles. The van der Waals surface area contributed by atoms with Crippen LogP contribution in [0.4, 0.5) is 0 Å². The lowest BCUT2D eigenvalue weighted by Crippen LogP contribution is -2.26. The number of rotatable bonds is 4. The van der Waals surface area contributed by atoms with Gasteiger partial charge in [0.1, 0.15) is 0 Å². The molecular formula is C5H8INO3. The van der Waals surface area contributed by atoms with Gasteiger partial charge in [-0.1, -0.05) is 0 Å². The van der Waals surface area contributed by atoms with Crippen molar-refractivity contribution in [3.63, 3.8) is 0 Å². The lowest BCUT2D eigenvalue weighted by molar-refractivity contribution is -0.137. The summed E-state index contributed by atoms with van der Waals surface area (Å²) in [5.74, 6) is -0.923. The van der Waals surface area contributed by atoms with Crippen molar-refractivity contribution in [2.45, 2.75) is 18.9 Å². The first-order valence-electron chi connectivity index (χ1n) is 2.70. The van der Waals surface area contributed by atoms with Crippen molar-refractivity contribution in [1.29, 1.82) is 0 Å². The predicted molar refractivity (Wildman–Crippen MR) is 43.9 cm³/mol. The number of hydrogen-bond donors (Lipinski definition) is 2. The van der Waals surface area contributed by atoms with Crippen molar-refractivity contribution < 1.29 is 14.7 Å². The maximum absolute atomic E-state index is 10.4. The van der Waals surface area contributed by atoms with E-state index in [1.54, 1.807) is 22.6 Å². The molecule has 10 heavy (non-hydrogen) atoms. The van der Waals surface area contributed by atoms with E-state index >= 15 is 0 Å². The molecule has 0 aliphatic rings. The van der Waals surface area contributed by atoms with Crippen molar-refractivity contribution in [1.82, 2.24) is 0 Å². The minimum atomic E-state index is -0.923. The highest BCUT2D eigenvalue weighted by Crippen LogP contribution is 1.99. The summed E-state index contributed by atoms with van der Waals surface area (Å²) in [6.45, 7) is 0. The monoisotopic (exact) mass is 257 g/mol. The summed E-state index contributed by atoms with van der Waals surface area (Å²) in [5, 5.41) is 8.17. The molecule has 0 aliphatic heterocycles. The zero-order chi connectivity index (χ0) is 8.15. The Bertz CT molecular complexity index is 148. The molecule has 1 atom stereocenters. The Morgan fingerprint density at radius 3 is 2.40 bits per heavy atom. The Morgan fingerprint density at radius 1 is 1.60 bits per heavy atom. The fraction of sp³-hybridized carbons (Fsp3) is 0.600. The Balaban J connectivity index is 3.49. The number of aliphatic carboxylic acids is 1. The van der Waals surface area contributed by atoms with Gasteiger partial charge in [0.15, 0.2) is 0 Å². The third-order valence-electron chi connectivity index (χ3n) is 0.961. The fourth-order valence-electron chi connectivity index (χ4n) is 0.392. The van der Waals surface area contributed by atoms with Gasteiger partial charge in [-0.15, -0.1) is 0 Å². The third-order valence-corrected chi connectivity index (χ3v) is 1.76. The zero-order valence-corrected chi connectivity index (χ0v) is 7.37. The lowest BCUT2D eigenvalue weighted by atomic mass is 10.2. The van der Waals surface area contributed by atoms with Gasteiger partial charge in [0, 0.05) is 29.0 Å². The van der Waals surface area contributed by atoms with Crippen molar-refractivity contribution >= 4 is 32.4 Å². The van der Waals surface area contributed by atoms with Gasteiger partial charge in [-0.05, 0) is 6.42 Å². The van der Waals surface area contributed by atoms with Crippen LogP contribution >= 0.6 is 22.6 Å². The van der Waals surface area contributed by atoms with Gasteiger partial charge in [0.05, 0.1) is 6.04 Å². The molecule has 5 heteroatoms. The molecular weight excluding hydrogens is 249 g/mol. The number of carboxylic acid groups (broad SMARTS) is 1. The van der Waals surface area contributed by atoms with E-state index in [1.165, 1.54) is 0 Å². The van der Waals surface area contributed by atoms with E-state index in [0.717, 1.165) is 0 Å². The van der Waals surface area contributed by atoms with Gasteiger partial charge in [0.25, 0.3) is 0 Å². The smallest absolute Gasteiger partial charge is 0.303 e. The first-order chi connectivity index (χ1) is 4.54. The maximum Gasteiger partial charge on any atom is 0.303 e. The van der Waals surface area contributed by atoms with Gasteiger partial charge >= 0.3 is 5.97 Å². The Labute approximate surface area is 71.9 Å². The molecule has 0 unspecified atom stereocenters. The molecule has 0 saturated carbocycles. The Hall–Kier alpha value is -0.170. The van der Waals surface area contributed by atoms with Gasteiger partial charge in [-0.2, -0.15) is 0 Å². The van der Waals surface area contributed by atoms with Crippen molar-refractivity contribution in [3.8, 4) is 0 Å². The molecule has 0 amide bonds. The lowest BCUT2D eigenvalue weighted by Gasteiger charge is -2.01. The van der Waals surface area contributed by atoms with E-state index in [4.69, 9.17) is 10.8 Å². The molecule has 0 rings (SSSR count). The molecule has 0 aromatic rings. The minimum absolute atomic E-state index is 0.0457. The molecule has 4 nitrogen and oxygen atoms in total. The molecule has 0 bridgehead atoms. The molecule has 0 spiro atoms. The topological polar surface area (TPSA) is 80.4 Å². The molecule has 3 N–H and O–H groups in total. The van der Waals surface area contributed by atoms with Crippen LogP contribution in [0.1, 0.15) is 12.8 Å². The van der Waals surface area contributed by atoms with Crippen LogP contribution < -0.4 is 5.73 Å². The maximum atomic E-state index is 10.4. The SMILES string of the molecule is N[C@@H](CCC(=O)O)C(=O)I. The summed E-state index contributed by atoms with van der Waals surface area (Å²) in [4.78, 5) is 20.4. The Morgan fingerprint density at radius 2 is 2.10 bits per heavy atom. The molecule has 0 heterocycles. The van der Waals surface area contributed by atoms with Crippen molar-refractivity contribution in [2.75, 3.05) is 0 Å². The predicted octanol–water partition coefficient (Wildman–Crippen LogP) is 0.140. The summed E-state index contributed by atoms with van der Waals surface area (Å²) in [5.41, 5.74) is 5.24. The Kier molecular flexibility index (Phi) is 4.54. The highest BCUT2D eigenvalue weighted by Gasteiger charge is 2.10. The van der Waals surface area contributed by atoms with Gasteiger partial charge in [-0.3, -0.25) is 9.59 Å². The van der Waals surface area contributed by atoms with Crippen LogP contribution in [0.25, 0.3) is 0 Å². The average Bonchev–Trinajstić information content (AvgIpc) is 1.82. The highest BCUT2D eigenvalue weighted by atomic mass is 127. The van der Waals surface area contributed by atoms with Crippen LogP contribution in [-0.4, -0.2) is 20.9 Å². The summed E-state index contributed by atoms with van der Waals surface area (Å²) < 4.78 is -0.196. The fourth-order valence-corrected chi connectivity index (χ4v) is 0.704. The first kappa shape index (κ1) is 9.83. The molecule has 58 valence electrons. The summed E-state index contributed by atoms with van der Waals surface area (Å²) in [6.07, 6.45) is 0.174. The van der Waals surface area contributed by atoms with Crippen LogP contribution in [0.3, 0.4) is 0 Å². The van der Waals surface area contributed by atoms with E-state index < -0.39 is 12.0 Å². The summed E-state index contributed by atoms with van der Waals surface area (Å²) in [6, 6.07) is -0.628. The normalized spacial score (nSPS) is 12.6. The standard InChI is InChI=1S/C5H8INO3/c6-5(10)3(7)1-2-4(8)9/h3H,1-2,7H2,(H,8,9)/t3-/m0/s1. The van der Waals surface area contributed by atoms with Crippen LogP contribution in [-0.2, 0) is 9.59 Å². The quantitative estimate of drug-likeness (QED) is 0.554. The van der Waals surface area contributed by atoms with E-state index in [1.807, 2.05) is 0 Å². The minimum Gasteiger partial charge on any atom is -0.481 e. The molecule has 0 aromatic heterocycles. The number of hydrogen-bond acceptors (Lipinski definition) is 3. The third kappa shape index (κ3) is 4.68. The number of carbonyl (C=O) groups excluding carboxylic acids is 1. The second-order valence-electron chi connectivity index (χ2n) is 1.84. The molecule has 0 aromatic carbocycles. The largest absolute Gasteiger partial charge is 0.481 e. The summed E-state index contributed by atoms with van der Waals surface area (Å²) in [7, 11) is 0. The highest BCUT2D eigenvalue weighted by molar-refractivity contribution is 14.1. The molecule has 0 fully saturated rings. The van der Waals surface area contributed by atoms with Gasteiger partial charge in [0.2, 0.25) is 3.79 Å². The first-order valence-corrected chi connectivity index (χ1v) is 3.78. The second-order valence-corrected chi connectivity index (χ2v) is 2.91. The van der Waals surface area contributed by atoms with E-state index in [2.05, 4.69) is 0 Å². The zero-order valence-electron chi connectivity index (χ0n) is 5.21. The molecule has 0 radical (unpaired) electrons. The van der Waals surface area contributed by atoms with Gasteiger partial charge in [-0.25, -0.2) is 0 Å². The van der Waals surface area contributed by atoms with Crippen LogP contribution in [0.15, 0.2) is 0 Å². The van der Waals surface area contributed by atoms with Crippen molar-refractivity contribution in [3.05, 3.63) is 0 Å². The van der Waals surface area contributed by atoms with E-state index in [-0.39, 0.29) is 16.6 Å². The average molecular weight is 257 g/mol. The van der Waals surface area contributed by atoms with Crippen LogP contribution in [0, 0.1) is 0 Å². The number of nitrogens with two attached hydrogens (primary N) is 1. The number of carbonyl (C=O) groups is 2. The summed E-state index contributed by atoms with van der Waals surface area (Å²) >= 11 is 1.56. The van der Waals surface area contributed by atoms with Crippen molar-refractivity contribution in [2.24, 2.45) is 5.73 Å². The number of carboxylic acids is 1. The van der Waals surface area contributed by atoms with E-state index in [9.17, 15) is 9.59 Å². The number of halogens is 1. The molecule has 0 aliphatic carbocycles. The second kappa shape index (κ2) is 4.62. The van der Waals surface area contributed by atoms with Crippen LogP contribution in [0.2, 0.25) is 0 Å². The van der Waals surface area contributed by atoms with Gasteiger partial charge < -0.3 is 10.8 Å².